The van der Waals surface area contributed by atoms with Gasteiger partial charge in [0.15, 0.2) is 11.5 Å². The molecule has 1 atom stereocenters. The lowest BCUT2D eigenvalue weighted by molar-refractivity contribution is -0.121. The Hall–Kier alpha value is -2.07. The summed E-state index contributed by atoms with van der Waals surface area (Å²) in [6.07, 6.45) is 2.50. The molecular weight excluding hydrogens is 304 g/mol. The zero-order valence-corrected chi connectivity index (χ0v) is 13.6. The summed E-state index contributed by atoms with van der Waals surface area (Å²) < 4.78 is 21.6. The molecule has 1 aromatic rings. The van der Waals surface area contributed by atoms with E-state index in [1.807, 2.05) is 6.07 Å². The highest BCUT2D eigenvalue weighted by molar-refractivity contribution is 7.84. The summed E-state index contributed by atoms with van der Waals surface area (Å²) >= 11 is 0. The van der Waals surface area contributed by atoms with Crippen LogP contribution < -0.4 is 14.8 Å². The van der Waals surface area contributed by atoms with Gasteiger partial charge in [-0.05, 0) is 18.6 Å². The van der Waals surface area contributed by atoms with Gasteiger partial charge in [-0.1, -0.05) is 0 Å². The predicted molar refractivity (Wildman–Crippen MR) is 84.4 cm³/mol. The number of benzene rings is 1. The number of hydrogen-bond donors (Lipinski definition) is 1. The second-order valence-corrected chi connectivity index (χ2v) is 6.11. The van der Waals surface area contributed by atoms with Gasteiger partial charge < -0.3 is 14.8 Å². The van der Waals surface area contributed by atoms with Crippen molar-refractivity contribution in [1.29, 1.82) is 5.26 Å². The van der Waals surface area contributed by atoms with Gasteiger partial charge in [-0.25, -0.2) is 0 Å². The van der Waals surface area contributed by atoms with Crippen LogP contribution in [0.2, 0.25) is 0 Å². The summed E-state index contributed by atoms with van der Waals surface area (Å²) in [5.74, 6) is 1.42. The standard InChI is InChI=1S/C15H20N2O4S/c1-20-14-10-12(11-16)5-6-13(14)21-8-3-4-15(18)17-7-9-22(2)19/h5-6,10H,3-4,7-9H2,1-2H3,(H,17,18). The van der Waals surface area contributed by atoms with Crippen LogP contribution in [-0.2, 0) is 15.6 Å². The topological polar surface area (TPSA) is 88.4 Å². The van der Waals surface area contributed by atoms with Crippen LogP contribution in [-0.4, -0.2) is 42.4 Å². The van der Waals surface area contributed by atoms with Gasteiger partial charge >= 0.3 is 0 Å². The van der Waals surface area contributed by atoms with Crippen LogP contribution in [0.4, 0.5) is 0 Å². The number of nitriles is 1. The zero-order chi connectivity index (χ0) is 16.4. The fourth-order valence-electron chi connectivity index (χ4n) is 1.69. The zero-order valence-electron chi connectivity index (χ0n) is 12.8. The summed E-state index contributed by atoms with van der Waals surface area (Å²) in [7, 11) is 0.611. The number of nitrogens with one attached hydrogen (secondary N) is 1. The van der Waals surface area contributed by atoms with Gasteiger partial charge in [0.25, 0.3) is 0 Å². The normalized spacial score (nSPS) is 11.3. The summed E-state index contributed by atoms with van der Waals surface area (Å²) in [5.41, 5.74) is 0.497. The minimum atomic E-state index is -0.897. The first-order valence-corrected chi connectivity index (χ1v) is 8.57. The third-order valence-electron chi connectivity index (χ3n) is 2.81. The lowest BCUT2D eigenvalue weighted by Crippen LogP contribution is -2.27. The first-order valence-electron chi connectivity index (χ1n) is 6.84. The second kappa shape index (κ2) is 9.79. The molecule has 0 heterocycles. The van der Waals surface area contributed by atoms with Crippen LogP contribution >= 0.6 is 0 Å². The number of nitrogens with zero attached hydrogens (tertiary/aromatic N) is 1. The molecule has 0 aliphatic heterocycles. The SMILES string of the molecule is COc1cc(C#N)ccc1OCCCC(=O)NCCS(C)=O. The number of rotatable bonds is 9. The summed E-state index contributed by atoms with van der Waals surface area (Å²) in [6.45, 7) is 0.793. The van der Waals surface area contributed by atoms with E-state index in [9.17, 15) is 9.00 Å². The highest BCUT2D eigenvalue weighted by Gasteiger charge is 2.06. The molecule has 0 aliphatic rings. The van der Waals surface area contributed by atoms with E-state index in [1.54, 1.807) is 24.5 Å². The van der Waals surface area contributed by atoms with Crippen molar-refractivity contribution in [3.63, 3.8) is 0 Å². The van der Waals surface area contributed by atoms with Gasteiger partial charge in [-0.3, -0.25) is 9.00 Å². The Bertz CT molecular complexity index is 569. The number of carbonyl (C=O) groups excluding carboxylic acids is 1. The number of amides is 1. The number of carbonyl (C=O) groups is 1. The van der Waals surface area contributed by atoms with E-state index in [2.05, 4.69) is 5.32 Å². The fraction of sp³-hybridized carbons (Fsp3) is 0.467. The Morgan fingerprint density at radius 2 is 2.18 bits per heavy atom. The van der Waals surface area contributed by atoms with Gasteiger partial charge in [-0.15, -0.1) is 0 Å². The van der Waals surface area contributed by atoms with Crippen LogP contribution in [0.3, 0.4) is 0 Å². The third kappa shape index (κ3) is 6.59. The molecule has 1 unspecified atom stereocenters. The van der Waals surface area contributed by atoms with Crippen molar-refractivity contribution >= 4 is 16.7 Å². The largest absolute Gasteiger partial charge is 0.493 e. The van der Waals surface area contributed by atoms with Gasteiger partial charge in [0.05, 0.1) is 25.3 Å². The molecule has 0 aliphatic carbocycles. The van der Waals surface area contributed by atoms with Crippen LogP contribution in [0.1, 0.15) is 18.4 Å². The Kier molecular flexibility index (Phi) is 8.00. The van der Waals surface area contributed by atoms with E-state index in [1.165, 1.54) is 7.11 Å². The average Bonchev–Trinajstić information content (AvgIpc) is 2.51. The molecule has 0 spiro atoms. The van der Waals surface area contributed by atoms with Crippen LogP contribution in [0.25, 0.3) is 0 Å². The molecule has 0 saturated heterocycles. The lowest BCUT2D eigenvalue weighted by Gasteiger charge is -2.10. The second-order valence-electron chi connectivity index (χ2n) is 4.56. The van der Waals surface area contributed by atoms with E-state index < -0.39 is 10.8 Å². The number of ether oxygens (including phenoxy) is 2. The van der Waals surface area contributed by atoms with Crippen molar-refractivity contribution in [3.05, 3.63) is 23.8 Å². The van der Waals surface area contributed by atoms with E-state index in [0.717, 1.165) is 0 Å². The fourth-order valence-corrected chi connectivity index (χ4v) is 2.08. The van der Waals surface area contributed by atoms with Crippen LogP contribution in [0, 0.1) is 11.3 Å². The van der Waals surface area contributed by atoms with Crippen molar-refractivity contribution in [3.8, 4) is 17.6 Å². The maximum atomic E-state index is 11.5. The van der Waals surface area contributed by atoms with Crippen molar-refractivity contribution in [2.24, 2.45) is 0 Å². The van der Waals surface area contributed by atoms with Crippen molar-refractivity contribution in [1.82, 2.24) is 5.32 Å². The summed E-state index contributed by atoms with van der Waals surface area (Å²) in [5, 5.41) is 11.5. The van der Waals surface area contributed by atoms with E-state index in [4.69, 9.17) is 14.7 Å². The van der Waals surface area contributed by atoms with Crippen LogP contribution in [0.5, 0.6) is 11.5 Å². The molecule has 1 amide bonds. The highest BCUT2D eigenvalue weighted by Crippen LogP contribution is 2.27. The van der Waals surface area contributed by atoms with Crippen molar-refractivity contribution in [2.45, 2.75) is 12.8 Å². The molecule has 0 bridgehead atoms. The van der Waals surface area contributed by atoms with Crippen molar-refractivity contribution < 1.29 is 18.5 Å². The predicted octanol–water partition coefficient (Wildman–Crippen LogP) is 1.22. The highest BCUT2D eigenvalue weighted by atomic mass is 32.2. The van der Waals surface area contributed by atoms with Gasteiger partial charge in [0.2, 0.25) is 5.91 Å². The maximum Gasteiger partial charge on any atom is 0.220 e. The van der Waals surface area contributed by atoms with Gasteiger partial charge in [0.1, 0.15) is 0 Å². The molecule has 1 rings (SSSR count). The lowest BCUT2D eigenvalue weighted by atomic mass is 10.2. The maximum absolute atomic E-state index is 11.5. The Balaban J connectivity index is 2.31. The molecule has 1 aromatic carbocycles. The molecule has 1 N–H and O–H groups in total. The molecule has 6 nitrogen and oxygen atoms in total. The van der Waals surface area contributed by atoms with E-state index >= 15 is 0 Å². The summed E-state index contributed by atoms with van der Waals surface area (Å²) in [6, 6.07) is 6.96. The van der Waals surface area contributed by atoms with Gasteiger partial charge in [-0.2, -0.15) is 5.26 Å². The van der Waals surface area contributed by atoms with E-state index in [-0.39, 0.29) is 5.91 Å². The molecule has 0 radical (unpaired) electrons. The average molecular weight is 324 g/mol. The first kappa shape index (κ1) is 18.0. The molecule has 22 heavy (non-hydrogen) atoms. The molecule has 0 fully saturated rings. The smallest absolute Gasteiger partial charge is 0.220 e. The van der Waals surface area contributed by atoms with E-state index in [0.29, 0.717) is 48.8 Å². The third-order valence-corrected chi connectivity index (χ3v) is 3.59. The minimum Gasteiger partial charge on any atom is -0.493 e. The monoisotopic (exact) mass is 324 g/mol. The molecule has 0 aromatic heterocycles. The molecule has 0 saturated carbocycles. The first-order chi connectivity index (χ1) is 10.6. The molecule has 7 heteroatoms. The quantitative estimate of drug-likeness (QED) is 0.690. The Morgan fingerprint density at radius 1 is 1.41 bits per heavy atom. The summed E-state index contributed by atoms with van der Waals surface area (Å²) in [4.78, 5) is 11.5. The van der Waals surface area contributed by atoms with Crippen molar-refractivity contribution in [2.75, 3.05) is 32.3 Å². The number of methoxy groups -OCH3 is 1. The van der Waals surface area contributed by atoms with Crippen LogP contribution in [0.15, 0.2) is 18.2 Å². The van der Waals surface area contributed by atoms with Gasteiger partial charge in [0, 0.05) is 41.8 Å². The minimum absolute atomic E-state index is 0.0826. The molecule has 120 valence electrons. The number of hydrogen-bond acceptors (Lipinski definition) is 5. The Morgan fingerprint density at radius 3 is 2.82 bits per heavy atom. The molecular formula is C15H20N2O4S. The Labute approximate surface area is 132 Å².